The molecule has 0 saturated carbocycles. The van der Waals surface area contributed by atoms with E-state index in [9.17, 15) is 14.0 Å². The molecule has 126 valence electrons. The van der Waals surface area contributed by atoms with Crippen molar-refractivity contribution < 1.29 is 14.0 Å². The summed E-state index contributed by atoms with van der Waals surface area (Å²) in [6.45, 7) is 1.86. The number of halogens is 2. The number of aryl methyl sites for hydroxylation is 1. The summed E-state index contributed by atoms with van der Waals surface area (Å²) >= 11 is 6.14. The second-order valence-corrected chi connectivity index (χ2v) is 6.27. The van der Waals surface area contributed by atoms with E-state index >= 15 is 0 Å². The number of nitrogens with zero attached hydrogens (tertiary/aromatic N) is 4. The number of hydrogen-bond donors (Lipinski definition) is 0. The van der Waals surface area contributed by atoms with Gasteiger partial charge in [-0.05, 0) is 48.9 Å². The van der Waals surface area contributed by atoms with Gasteiger partial charge in [0.2, 0.25) is 0 Å². The van der Waals surface area contributed by atoms with Crippen LogP contribution in [0.1, 0.15) is 5.56 Å². The minimum Gasteiger partial charge on any atom is -0.271 e. The van der Waals surface area contributed by atoms with Crippen molar-refractivity contribution in [2.45, 2.75) is 19.0 Å². The first kappa shape index (κ1) is 15.7. The van der Waals surface area contributed by atoms with Crippen LogP contribution in [0.25, 0.3) is 0 Å². The Morgan fingerprint density at radius 3 is 2.40 bits per heavy atom. The van der Waals surface area contributed by atoms with Gasteiger partial charge in [0.25, 0.3) is 11.8 Å². The lowest BCUT2D eigenvalue weighted by Crippen LogP contribution is -2.39. The third-order valence-corrected chi connectivity index (χ3v) is 4.69. The van der Waals surface area contributed by atoms with E-state index in [1.165, 1.54) is 29.3 Å². The van der Waals surface area contributed by atoms with Gasteiger partial charge >= 0.3 is 0 Å². The molecule has 0 aromatic heterocycles. The Balaban J connectivity index is 1.70. The average Bonchev–Trinajstić information content (AvgIpc) is 3.13. The first-order valence-corrected chi connectivity index (χ1v) is 7.95. The highest BCUT2D eigenvalue weighted by Gasteiger charge is 2.55. The topological polar surface area (TPSA) is 65.3 Å². The Labute approximate surface area is 147 Å². The summed E-state index contributed by atoms with van der Waals surface area (Å²) in [4.78, 5) is 26.4. The number of fused-ring (bicyclic) bond motifs is 1. The van der Waals surface area contributed by atoms with Gasteiger partial charge in [0.1, 0.15) is 5.82 Å². The molecule has 2 atom stereocenters. The van der Waals surface area contributed by atoms with Crippen molar-refractivity contribution in [3.8, 4) is 0 Å². The molecule has 8 heteroatoms. The number of anilines is 2. The predicted octanol–water partition coefficient (Wildman–Crippen LogP) is 3.29. The zero-order valence-corrected chi connectivity index (χ0v) is 13.8. The highest BCUT2D eigenvalue weighted by molar-refractivity contribution is 6.31. The zero-order chi connectivity index (χ0) is 17.7. The van der Waals surface area contributed by atoms with Crippen molar-refractivity contribution >= 4 is 34.8 Å². The molecule has 6 nitrogen and oxygen atoms in total. The van der Waals surface area contributed by atoms with Crippen LogP contribution in [0.5, 0.6) is 0 Å². The normalized spacial score (nSPS) is 22.0. The predicted molar refractivity (Wildman–Crippen MR) is 90.0 cm³/mol. The highest BCUT2D eigenvalue weighted by Crippen LogP contribution is 2.36. The van der Waals surface area contributed by atoms with Crippen LogP contribution in [0.15, 0.2) is 52.8 Å². The van der Waals surface area contributed by atoms with Gasteiger partial charge in [-0.3, -0.25) is 9.59 Å². The van der Waals surface area contributed by atoms with E-state index in [4.69, 9.17) is 11.6 Å². The molecule has 2 aromatic rings. The van der Waals surface area contributed by atoms with Gasteiger partial charge in [0.15, 0.2) is 12.1 Å². The number of benzene rings is 2. The summed E-state index contributed by atoms with van der Waals surface area (Å²) in [5, 5.41) is 9.86. The van der Waals surface area contributed by atoms with Gasteiger partial charge in [-0.15, -0.1) is 0 Å². The molecule has 0 unspecified atom stereocenters. The molecule has 25 heavy (non-hydrogen) atoms. The van der Waals surface area contributed by atoms with E-state index < -0.39 is 29.7 Å². The number of rotatable bonds is 2. The maximum atomic E-state index is 13.1. The van der Waals surface area contributed by atoms with Crippen LogP contribution in [0, 0.1) is 12.7 Å². The van der Waals surface area contributed by atoms with E-state index in [-0.39, 0.29) is 0 Å². The van der Waals surface area contributed by atoms with Gasteiger partial charge in [0, 0.05) is 5.02 Å². The quantitative estimate of drug-likeness (QED) is 0.774. The van der Waals surface area contributed by atoms with Crippen molar-refractivity contribution in [2.75, 3.05) is 9.91 Å². The van der Waals surface area contributed by atoms with Crippen molar-refractivity contribution in [1.82, 2.24) is 0 Å². The van der Waals surface area contributed by atoms with E-state index in [2.05, 4.69) is 10.3 Å². The molecule has 2 aliphatic heterocycles. The van der Waals surface area contributed by atoms with E-state index in [1.807, 2.05) is 6.92 Å². The van der Waals surface area contributed by atoms with Gasteiger partial charge in [0.05, 0.1) is 11.4 Å². The lowest BCUT2D eigenvalue weighted by atomic mass is 10.1. The number of carbonyl (C=O) groups excluding carboxylic acids is 2. The molecular weight excluding hydrogens is 347 g/mol. The highest BCUT2D eigenvalue weighted by atomic mass is 35.5. The molecular formula is C17H12ClFN4O2. The zero-order valence-electron chi connectivity index (χ0n) is 13.1. The minimum atomic E-state index is -0.919. The number of imide groups is 1. The molecule has 0 N–H and O–H groups in total. The van der Waals surface area contributed by atoms with Crippen LogP contribution < -0.4 is 9.91 Å². The maximum Gasteiger partial charge on any atom is 0.263 e. The SMILES string of the molecule is Cc1ccc(N2N=N[C@@H]3C(=O)N(c4ccc(F)cc4)C(=O)[C@H]32)cc1Cl. The largest absolute Gasteiger partial charge is 0.271 e. The number of amides is 2. The third-order valence-electron chi connectivity index (χ3n) is 4.29. The summed E-state index contributed by atoms with van der Waals surface area (Å²) in [5.74, 6) is -1.38. The van der Waals surface area contributed by atoms with Crippen molar-refractivity contribution in [3.63, 3.8) is 0 Å². The molecule has 0 bridgehead atoms. The Hall–Kier alpha value is -2.80. The summed E-state index contributed by atoms with van der Waals surface area (Å²) in [5.41, 5.74) is 1.77. The lowest BCUT2D eigenvalue weighted by molar-refractivity contribution is -0.121. The first-order chi connectivity index (χ1) is 12.0. The van der Waals surface area contributed by atoms with E-state index in [0.717, 1.165) is 10.5 Å². The molecule has 2 heterocycles. The Morgan fingerprint density at radius 1 is 1.04 bits per heavy atom. The molecule has 0 radical (unpaired) electrons. The Kier molecular flexibility index (Phi) is 3.54. The third kappa shape index (κ3) is 2.39. The van der Waals surface area contributed by atoms with Gasteiger partial charge < -0.3 is 0 Å². The lowest BCUT2D eigenvalue weighted by Gasteiger charge is -2.21. The smallest absolute Gasteiger partial charge is 0.263 e. The van der Waals surface area contributed by atoms with Gasteiger partial charge in [-0.25, -0.2) is 14.3 Å². The Morgan fingerprint density at radius 2 is 1.72 bits per heavy atom. The van der Waals surface area contributed by atoms with Gasteiger partial charge in [-0.2, -0.15) is 5.11 Å². The fourth-order valence-corrected chi connectivity index (χ4v) is 3.12. The van der Waals surface area contributed by atoms with Crippen LogP contribution >= 0.6 is 11.6 Å². The monoisotopic (exact) mass is 358 g/mol. The van der Waals surface area contributed by atoms with Crippen LogP contribution in [0.2, 0.25) is 5.02 Å². The molecule has 0 spiro atoms. The molecule has 2 aromatic carbocycles. The Bertz CT molecular complexity index is 915. The summed E-state index contributed by atoms with van der Waals surface area (Å²) in [6.07, 6.45) is 0. The first-order valence-electron chi connectivity index (χ1n) is 7.57. The second kappa shape index (κ2) is 5.63. The summed E-state index contributed by atoms with van der Waals surface area (Å²) in [7, 11) is 0. The maximum absolute atomic E-state index is 13.1. The molecule has 0 aliphatic carbocycles. The van der Waals surface area contributed by atoms with Crippen molar-refractivity contribution in [3.05, 3.63) is 58.9 Å². The standard InChI is InChI=1S/C17H12ClFN4O2/c1-9-2-5-12(8-13(9)18)23-15-14(20-21-23)16(24)22(17(15)25)11-6-3-10(19)4-7-11/h2-8,14-15H,1H3/t14-,15-/m0/s1. The molecule has 2 aliphatic rings. The molecule has 1 saturated heterocycles. The fourth-order valence-electron chi connectivity index (χ4n) is 2.94. The minimum absolute atomic E-state index is 0.308. The fraction of sp³-hybridized carbons (Fsp3) is 0.176. The van der Waals surface area contributed by atoms with Crippen LogP contribution in [-0.2, 0) is 9.59 Å². The summed E-state index contributed by atoms with van der Waals surface area (Å²) in [6, 6.07) is 8.63. The molecule has 4 rings (SSSR count). The number of hydrogen-bond acceptors (Lipinski definition) is 5. The average molecular weight is 359 g/mol. The van der Waals surface area contributed by atoms with Crippen LogP contribution in [-0.4, -0.2) is 23.9 Å². The van der Waals surface area contributed by atoms with E-state index in [1.54, 1.807) is 18.2 Å². The van der Waals surface area contributed by atoms with E-state index in [0.29, 0.717) is 16.4 Å². The second-order valence-electron chi connectivity index (χ2n) is 5.86. The van der Waals surface area contributed by atoms with Crippen LogP contribution in [0.4, 0.5) is 15.8 Å². The van der Waals surface area contributed by atoms with Crippen LogP contribution in [0.3, 0.4) is 0 Å². The summed E-state index contributed by atoms with van der Waals surface area (Å²) < 4.78 is 13.1. The number of carbonyl (C=O) groups is 2. The van der Waals surface area contributed by atoms with Crippen molar-refractivity contribution in [2.24, 2.45) is 10.3 Å². The molecule has 2 amide bonds. The van der Waals surface area contributed by atoms with Crippen molar-refractivity contribution in [1.29, 1.82) is 0 Å². The molecule has 1 fully saturated rings. The van der Waals surface area contributed by atoms with Gasteiger partial charge in [-0.1, -0.05) is 22.9 Å².